The van der Waals surface area contributed by atoms with Crippen LogP contribution in [-0.2, 0) is 7.05 Å². The Balaban J connectivity index is 2.39. The van der Waals surface area contributed by atoms with Crippen LogP contribution in [-0.4, -0.2) is 26.6 Å². The predicted molar refractivity (Wildman–Crippen MR) is 50.8 cm³/mol. The lowest BCUT2D eigenvalue weighted by Gasteiger charge is -2.01. The Bertz CT molecular complexity index is 421. The summed E-state index contributed by atoms with van der Waals surface area (Å²) >= 11 is 0. The third-order valence-electron chi connectivity index (χ3n) is 1.92. The van der Waals surface area contributed by atoms with Crippen LogP contribution in [0.3, 0.4) is 0 Å². The number of imidazole rings is 1. The van der Waals surface area contributed by atoms with E-state index in [9.17, 15) is 0 Å². The topological polar surface area (TPSA) is 52.8 Å². The lowest BCUT2D eigenvalue weighted by Crippen LogP contribution is -1.94. The van der Waals surface area contributed by atoms with E-state index in [2.05, 4.69) is 15.0 Å². The molecular weight excluding hydrogens is 180 g/mol. The largest absolute Gasteiger partial charge is 0.480 e. The molecule has 0 fully saturated rings. The van der Waals surface area contributed by atoms with Gasteiger partial charge in [0.15, 0.2) is 0 Å². The van der Waals surface area contributed by atoms with E-state index in [1.54, 1.807) is 32.0 Å². The lowest BCUT2D eigenvalue weighted by atomic mass is 10.3. The molecule has 0 aliphatic rings. The number of nitrogens with zero attached hydrogens (tertiary/aromatic N) is 4. The van der Waals surface area contributed by atoms with Crippen LogP contribution >= 0.6 is 0 Å². The fraction of sp³-hybridized carbons (Fsp3) is 0.222. The van der Waals surface area contributed by atoms with Crippen LogP contribution in [0.25, 0.3) is 11.4 Å². The van der Waals surface area contributed by atoms with Crippen molar-refractivity contribution in [1.82, 2.24) is 19.5 Å². The molecule has 14 heavy (non-hydrogen) atoms. The van der Waals surface area contributed by atoms with Crippen LogP contribution in [0.2, 0.25) is 0 Å². The fourth-order valence-electron chi connectivity index (χ4n) is 1.16. The van der Waals surface area contributed by atoms with Gasteiger partial charge in [-0.05, 0) is 0 Å². The monoisotopic (exact) mass is 190 g/mol. The van der Waals surface area contributed by atoms with Crippen molar-refractivity contribution in [3.63, 3.8) is 0 Å². The highest BCUT2D eigenvalue weighted by Crippen LogP contribution is 2.15. The molecule has 5 heteroatoms. The quantitative estimate of drug-likeness (QED) is 0.705. The zero-order valence-corrected chi connectivity index (χ0v) is 8.01. The van der Waals surface area contributed by atoms with Crippen LogP contribution in [0.15, 0.2) is 24.9 Å². The summed E-state index contributed by atoms with van der Waals surface area (Å²) < 4.78 is 6.81. The van der Waals surface area contributed by atoms with Crippen LogP contribution < -0.4 is 4.74 Å². The van der Waals surface area contributed by atoms with E-state index in [1.165, 1.54) is 0 Å². The van der Waals surface area contributed by atoms with Gasteiger partial charge in [-0.25, -0.2) is 15.0 Å². The van der Waals surface area contributed by atoms with E-state index in [4.69, 9.17) is 4.74 Å². The van der Waals surface area contributed by atoms with Crippen molar-refractivity contribution in [3.8, 4) is 17.3 Å². The summed E-state index contributed by atoms with van der Waals surface area (Å²) in [4.78, 5) is 12.3. The summed E-state index contributed by atoms with van der Waals surface area (Å²) in [7, 11) is 3.47. The Morgan fingerprint density at radius 2 is 2.07 bits per heavy atom. The van der Waals surface area contributed by atoms with Crippen molar-refractivity contribution in [1.29, 1.82) is 0 Å². The van der Waals surface area contributed by atoms with Gasteiger partial charge in [0, 0.05) is 7.05 Å². The Labute approximate surface area is 81.4 Å². The molecule has 72 valence electrons. The molecule has 0 radical (unpaired) electrons. The van der Waals surface area contributed by atoms with Gasteiger partial charge in [0.25, 0.3) is 0 Å². The molecule has 0 atom stereocenters. The highest BCUT2D eigenvalue weighted by molar-refractivity contribution is 5.52. The summed E-state index contributed by atoms with van der Waals surface area (Å²) in [6.07, 6.45) is 6.72. The smallest absolute Gasteiger partial charge is 0.232 e. The van der Waals surface area contributed by atoms with Gasteiger partial charge < -0.3 is 9.30 Å². The first kappa shape index (κ1) is 8.68. The first-order valence-corrected chi connectivity index (χ1v) is 4.14. The van der Waals surface area contributed by atoms with Crippen LogP contribution in [0, 0.1) is 0 Å². The maximum atomic E-state index is 4.92. The van der Waals surface area contributed by atoms with E-state index < -0.39 is 0 Å². The molecule has 5 nitrogen and oxygen atoms in total. The Morgan fingerprint density at radius 3 is 2.57 bits per heavy atom. The molecule has 2 aromatic heterocycles. The molecule has 0 aliphatic carbocycles. The molecule has 0 spiro atoms. The predicted octanol–water partition coefficient (Wildman–Crippen LogP) is 0.886. The van der Waals surface area contributed by atoms with Gasteiger partial charge in [0.05, 0.1) is 37.7 Å². The third kappa shape index (κ3) is 1.44. The Kier molecular flexibility index (Phi) is 2.14. The van der Waals surface area contributed by atoms with Crippen LogP contribution in [0.1, 0.15) is 0 Å². The second kappa shape index (κ2) is 3.45. The van der Waals surface area contributed by atoms with E-state index in [0.717, 1.165) is 11.4 Å². The number of aryl methyl sites for hydroxylation is 1. The maximum absolute atomic E-state index is 4.92. The summed E-state index contributed by atoms with van der Waals surface area (Å²) in [5.41, 5.74) is 1.71. The zero-order chi connectivity index (χ0) is 9.97. The maximum Gasteiger partial charge on any atom is 0.232 e. The fourth-order valence-corrected chi connectivity index (χ4v) is 1.16. The van der Waals surface area contributed by atoms with E-state index in [1.807, 2.05) is 11.6 Å². The first-order chi connectivity index (χ1) is 6.81. The minimum atomic E-state index is 0.510. The Morgan fingerprint density at radius 1 is 1.21 bits per heavy atom. The number of rotatable bonds is 2. The summed E-state index contributed by atoms with van der Waals surface area (Å²) in [6.45, 7) is 0. The molecule has 0 aliphatic heterocycles. The van der Waals surface area contributed by atoms with Gasteiger partial charge in [0.1, 0.15) is 5.69 Å². The number of aromatic nitrogens is 4. The van der Waals surface area contributed by atoms with Crippen LogP contribution in [0.5, 0.6) is 5.88 Å². The van der Waals surface area contributed by atoms with Gasteiger partial charge in [-0.2, -0.15) is 0 Å². The minimum Gasteiger partial charge on any atom is -0.480 e. The molecular formula is C9H10N4O. The van der Waals surface area contributed by atoms with Crippen molar-refractivity contribution in [3.05, 3.63) is 24.9 Å². The minimum absolute atomic E-state index is 0.510. The number of hydrogen-bond donors (Lipinski definition) is 0. The Hall–Kier alpha value is -1.91. The molecule has 0 bridgehead atoms. The summed E-state index contributed by atoms with van der Waals surface area (Å²) in [5.74, 6) is 0.510. The van der Waals surface area contributed by atoms with Gasteiger partial charge in [-0.1, -0.05) is 0 Å². The summed E-state index contributed by atoms with van der Waals surface area (Å²) in [5, 5.41) is 0. The molecule has 0 aromatic carbocycles. The molecule has 0 saturated heterocycles. The molecule has 2 rings (SSSR count). The standard InChI is InChI=1S/C9H10N4O/c1-13-6-10-4-8(13)7-3-12-9(14-2)5-11-7/h3-6H,1-2H3. The lowest BCUT2D eigenvalue weighted by molar-refractivity contribution is 0.396. The number of methoxy groups -OCH3 is 1. The van der Waals surface area contributed by atoms with Crippen molar-refractivity contribution >= 4 is 0 Å². The van der Waals surface area contributed by atoms with E-state index in [-0.39, 0.29) is 0 Å². The molecule has 0 unspecified atom stereocenters. The SMILES string of the molecule is COc1cnc(-c2cncn2C)cn1. The highest BCUT2D eigenvalue weighted by atomic mass is 16.5. The van der Waals surface area contributed by atoms with Crippen LogP contribution in [0.4, 0.5) is 0 Å². The zero-order valence-electron chi connectivity index (χ0n) is 8.01. The second-order valence-corrected chi connectivity index (χ2v) is 2.83. The van der Waals surface area contributed by atoms with Gasteiger partial charge >= 0.3 is 0 Å². The van der Waals surface area contributed by atoms with Crippen molar-refractivity contribution < 1.29 is 4.74 Å². The van der Waals surface area contributed by atoms with Gasteiger partial charge in [0.2, 0.25) is 5.88 Å². The first-order valence-electron chi connectivity index (χ1n) is 4.14. The van der Waals surface area contributed by atoms with Gasteiger partial charge in [-0.15, -0.1) is 0 Å². The highest BCUT2D eigenvalue weighted by Gasteiger charge is 2.04. The van der Waals surface area contributed by atoms with Crippen molar-refractivity contribution in [2.24, 2.45) is 7.05 Å². The third-order valence-corrected chi connectivity index (χ3v) is 1.92. The average Bonchev–Trinajstić information content (AvgIpc) is 2.65. The summed E-state index contributed by atoms with van der Waals surface area (Å²) in [6, 6.07) is 0. The molecule has 0 saturated carbocycles. The van der Waals surface area contributed by atoms with Crippen molar-refractivity contribution in [2.75, 3.05) is 7.11 Å². The normalized spacial score (nSPS) is 10.1. The van der Waals surface area contributed by atoms with Gasteiger partial charge in [-0.3, -0.25) is 0 Å². The average molecular weight is 190 g/mol. The number of ether oxygens (including phenoxy) is 1. The second-order valence-electron chi connectivity index (χ2n) is 2.83. The molecule has 2 heterocycles. The number of hydrogen-bond acceptors (Lipinski definition) is 4. The molecule has 0 amide bonds. The molecule has 0 N–H and O–H groups in total. The van der Waals surface area contributed by atoms with E-state index in [0.29, 0.717) is 5.88 Å². The van der Waals surface area contributed by atoms with E-state index >= 15 is 0 Å². The van der Waals surface area contributed by atoms with Crippen molar-refractivity contribution in [2.45, 2.75) is 0 Å². The molecule has 2 aromatic rings.